The summed E-state index contributed by atoms with van der Waals surface area (Å²) >= 11 is 6.84. The number of rotatable bonds is 5. The highest BCUT2D eigenvalue weighted by atomic mass is 79.9. The molecule has 0 saturated carbocycles. The van der Waals surface area contributed by atoms with Gasteiger partial charge in [-0.3, -0.25) is 10.1 Å². The van der Waals surface area contributed by atoms with Crippen molar-refractivity contribution >= 4 is 43.2 Å². The zero-order chi connectivity index (χ0) is 15.4. The fraction of sp³-hybridized carbons (Fsp3) is 0.200. The Morgan fingerprint density at radius 3 is 2.52 bits per heavy atom. The lowest BCUT2D eigenvalue weighted by atomic mass is 10.1. The van der Waals surface area contributed by atoms with Gasteiger partial charge in [-0.1, -0.05) is 50.1 Å². The fourth-order valence-electron chi connectivity index (χ4n) is 2.07. The lowest BCUT2D eigenvalue weighted by molar-refractivity contribution is -0.385. The van der Waals surface area contributed by atoms with E-state index in [4.69, 9.17) is 0 Å². The van der Waals surface area contributed by atoms with E-state index in [9.17, 15) is 10.1 Å². The number of hydrogen-bond donors (Lipinski definition) is 0. The highest BCUT2D eigenvalue weighted by molar-refractivity contribution is 9.10. The summed E-state index contributed by atoms with van der Waals surface area (Å²) in [6.45, 7) is 0.723. The first-order chi connectivity index (χ1) is 10.0. The SMILES string of the molecule is CN(Cc1ccccc1Br)c1ccc([N+](=O)[O-])c(CBr)c1. The van der Waals surface area contributed by atoms with Crippen LogP contribution in [0.25, 0.3) is 0 Å². The van der Waals surface area contributed by atoms with E-state index >= 15 is 0 Å². The van der Waals surface area contributed by atoms with Gasteiger partial charge >= 0.3 is 0 Å². The molecule has 0 unspecified atom stereocenters. The van der Waals surface area contributed by atoms with Gasteiger partial charge in [-0.15, -0.1) is 0 Å². The zero-order valence-electron chi connectivity index (χ0n) is 11.4. The van der Waals surface area contributed by atoms with E-state index in [1.807, 2.05) is 31.3 Å². The van der Waals surface area contributed by atoms with Gasteiger partial charge in [-0.25, -0.2) is 0 Å². The molecule has 0 bridgehead atoms. The molecular formula is C15H14Br2N2O2. The molecule has 2 rings (SSSR count). The molecule has 2 aromatic carbocycles. The van der Waals surface area contributed by atoms with Gasteiger partial charge in [0, 0.05) is 40.7 Å². The Labute approximate surface area is 140 Å². The average Bonchev–Trinajstić information content (AvgIpc) is 2.48. The number of nitro benzene ring substituents is 1. The van der Waals surface area contributed by atoms with E-state index < -0.39 is 0 Å². The molecule has 0 fully saturated rings. The molecule has 0 aliphatic carbocycles. The van der Waals surface area contributed by atoms with Gasteiger partial charge in [0.25, 0.3) is 5.69 Å². The van der Waals surface area contributed by atoms with Crippen molar-refractivity contribution < 1.29 is 4.92 Å². The fourth-order valence-corrected chi connectivity index (χ4v) is 2.93. The quantitative estimate of drug-likeness (QED) is 0.398. The molecule has 0 amide bonds. The van der Waals surface area contributed by atoms with Crippen molar-refractivity contribution in [2.75, 3.05) is 11.9 Å². The van der Waals surface area contributed by atoms with E-state index in [0.29, 0.717) is 10.9 Å². The molecule has 0 radical (unpaired) electrons. The molecule has 0 atom stereocenters. The summed E-state index contributed by atoms with van der Waals surface area (Å²) in [5.74, 6) is 0. The van der Waals surface area contributed by atoms with Gasteiger partial charge < -0.3 is 4.90 Å². The maximum atomic E-state index is 11.0. The minimum absolute atomic E-state index is 0.143. The molecule has 4 nitrogen and oxygen atoms in total. The second-order valence-electron chi connectivity index (χ2n) is 4.65. The van der Waals surface area contributed by atoms with Crippen LogP contribution in [0.3, 0.4) is 0 Å². The summed E-state index contributed by atoms with van der Waals surface area (Å²) in [6, 6.07) is 13.2. The van der Waals surface area contributed by atoms with Crippen molar-refractivity contribution in [3.63, 3.8) is 0 Å². The summed E-state index contributed by atoms with van der Waals surface area (Å²) in [6.07, 6.45) is 0. The van der Waals surface area contributed by atoms with Crippen molar-refractivity contribution in [2.24, 2.45) is 0 Å². The molecule has 0 N–H and O–H groups in total. The van der Waals surface area contributed by atoms with E-state index in [-0.39, 0.29) is 10.6 Å². The molecule has 0 heterocycles. The summed E-state index contributed by atoms with van der Waals surface area (Å²) < 4.78 is 1.06. The molecule has 0 aromatic heterocycles. The predicted octanol–water partition coefficient (Wildman–Crippen LogP) is 4.89. The van der Waals surface area contributed by atoms with Crippen LogP contribution in [0.2, 0.25) is 0 Å². The summed E-state index contributed by atoms with van der Waals surface area (Å²) in [5, 5.41) is 11.4. The van der Waals surface area contributed by atoms with Crippen molar-refractivity contribution in [1.29, 1.82) is 0 Å². The van der Waals surface area contributed by atoms with Crippen LogP contribution in [-0.4, -0.2) is 12.0 Å². The van der Waals surface area contributed by atoms with Crippen molar-refractivity contribution in [2.45, 2.75) is 11.9 Å². The lowest BCUT2D eigenvalue weighted by Crippen LogP contribution is -2.17. The Morgan fingerprint density at radius 1 is 1.19 bits per heavy atom. The van der Waals surface area contributed by atoms with Crippen LogP contribution >= 0.6 is 31.9 Å². The molecule has 2 aromatic rings. The van der Waals surface area contributed by atoms with Gasteiger partial charge in [-0.2, -0.15) is 0 Å². The second-order valence-corrected chi connectivity index (χ2v) is 6.07. The first kappa shape index (κ1) is 16.0. The summed E-state index contributed by atoms with van der Waals surface area (Å²) in [5.41, 5.74) is 2.94. The van der Waals surface area contributed by atoms with E-state index in [1.54, 1.807) is 12.1 Å². The standard InChI is InChI=1S/C15H14Br2N2O2/c1-18(10-11-4-2-3-5-14(11)17)13-6-7-15(19(20)21)12(8-13)9-16/h2-8H,9-10H2,1H3. The first-order valence-electron chi connectivity index (χ1n) is 6.30. The third-order valence-electron chi connectivity index (χ3n) is 3.21. The molecule has 110 valence electrons. The molecule has 0 saturated heterocycles. The maximum absolute atomic E-state index is 11.0. The van der Waals surface area contributed by atoms with Gasteiger partial charge in [-0.05, 0) is 23.8 Å². The normalized spacial score (nSPS) is 10.4. The van der Waals surface area contributed by atoms with Gasteiger partial charge in [0.1, 0.15) is 0 Å². The van der Waals surface area contributed by atoms with Crippen molar-refractivity contribution in [3.05, 3.63) is 68.2 Å². The summed E-state index contributed by atoms with van der Waals surface area (Å²) in [4.78, 5) is 12.7. The Hall–Kier alpha value is -1.40. The third kappa shape index (κ3) is 3.83. The largest absolute Gasteiger partial charge is 0.370 e. The van der Waals surface area contributed by atoms with Crippen LogP contribution in [0.15, 0.2) is 46.9 Å². The van der Waals surface area contributed by atoms with Crippen LogP contribution in [-0.2, 0) is 11.9 Å². The Kier molecular flexibility index (Phi) is 5.36. The van der Waals surface area contributed by atoms with Crippen LogP contribution in [0.1, 0.15) is 11.1 Å². The average molecular weight is 414 g/mol. The second kappa shape index (κ2) is 7.04. The number of nitro groups is 1. The first-order valence-corrected chi connectivity index (χ1v) is 8.22. The number of hydrogen-bond acceptors (Lipinski definition) is 3. The Morgan fingerprint density at radius 2 is 1.90 bits per heavy atom. The highest BCUT2D eigenvalue weighted by Gasteiger charge is 2.14. The summed E-state index contributed by atoms with van der Waals surface area (Å²) in [7, 11) is 1.97. The lowest BCUT2D eigenvalue weighted by Gasteiger charge is -2.20. The molecule has 0 spiro atoms. The number of anilines is 1. The molecule has 6 heteroatoms. The smallest absolute Gasteiger partial charge is 0.273 e. The highest BCUT2D eigenvalue weighted by Crippen LogP contribution is 2.28. The minimum Gasteiger partial charge on any atom is -0.370 e. The van der Waals surface area contributed by atoms with Gasteiger partial charge in [0.05, 0.1) is 4.92 Å². The Balaban J connectivity index is 2.25. The monoisotopic (exact) mass is 412 g/mol. The van der Waals surface area contributed by atoms with Crippen LogP contribution < -0.4 is 4.90 Å². The molecule has 0 aliphatic rings. The Bertz CT molecular complexity index is 662. The topological polar surface area (TPSA) is 46.4 Å². The predicted molar refractivity (Wildman–Crippen MR) is 92.0 cm³/mol. The zero-order valence-corrected chi connectivity index (χ0v) is 14.6. The van der Waals surface area contributed by atoms with Gasteiger partial charge in [0.15, 0.2) is 0 Å². The molecule has 21 heavy (non-hydrogen) atoms. The van der Waals surface area contributed by atoms with Crippen LogP contribution in [0.5, 0.6) is 0 Å². The van der Waals surface area contributed by atoms with Gasteiger partial charge in [0.2, 0.25) is 0 Å². The van der Waals surface area contributed by atoms with E-state index in [2.05, 4.69) is 42.8 Å². The van der Waals surface area contributed by atoms with Crippen LogP contribution in [0.4, 0.5) is 11.4 Å². The van der Waals surface area contributed by atoms with Crippen molar-refractivity contribution in [1.82, 2.24) is 0 Å². The van der Waals surface area contributed by atoms with E-state index in [1.165, 1.54) is 5.56 Å². The van der Waals surface area contributed by atoms with Crippen LogP contribution in [0, 0.1) is 10.1 Å². The van der Waals surface area contributed by atoms with E-state index in [0.717, 1.165) is 16.7 Å². The number of nitrogens with zero attached hydrogens (tertiary/aromatic N) is 2. The maximum Gasteiger partial charge on any atom is 0.273 e. The minimum atomic E-state index is -0.353. The third-order valence-corrected chi connectivity index (χ3v) is 4.59. The number of benzene rings is 2. The number of alkyl halides is 1. The molecule has 0 aliphatic heterocycles. The number of halogens is 2. The molecular weight excluding hydrogens is 400 g/mol. The van der Waals surface area contributed by atoms with Crippen molar-refractivity contribution in [3.8, 4) is 0 Å².